The third kappa shape index (κ3) is 4.91. The number of benzene rings is 1. The first-order valence-corrected chi connectivity index (χ1v) is 13.5. The first-order valence-electron chi connectivity index (χ1n) is 13.5. The Morgan fingerprint density at radius 1 is 1.10 bits per heavy atom. The predicted octanol–water partition coefficient (Wildman–Crippen LogP) is 5.26. The van der Waals surface area contributed by atoms with Crippen molar-refractivity contribution in [2.45, 2.75) is 39.3 Å². The van der Waals surface area contributed by atoms with Gasteiger partial charge in [-0.3, -0.25) is 14.6 Å². The minimum absolute atomic E-state index is 0.136. The van der Waals surface area contributed by atoms with Crippen molar-refractivity contribution >= 4 is 28.2 Å². The molecule has 0 radical (unpaired) electrons. The first kappa shape index (κ1) is 26.5. The summed E-state index contributed by atoms with van der Waals surface area (Å²) in [6.07, 6.45) is 6.55. The van der Waals surface area contributed by atoms with E-state index in [9.17, 15) is 9.59 Å². The quantitative estimate of drug-likeness (QED) is 0.329. The zero-order valence-corrected chi connectivity index (χ0v) is 23.2. The molecule has 1 aliphatic carbocycles. The standard InChI is InChI=1S/C31H30N4O6/c1-18-26(19-6-4-5-7-19)29(36)27(23-17-40-15-14-35(18)23)30(37)33-20-8-10-21(11-9-20)41-24-12-13-32-22-16-25(38-2)31(39-3)34-28(22)24/h6,8-13,16H,4-5,7,14-15,17H2,1-3H3,(H,33,37). The molecular weight excluding hydrogens is 524 g/mol. The Morgan fingerprint density at radius 3 is 2.66 bits per heavy atom. The SMILES string of the molecule is COc1cc2nccc(Oc3ccc(NC(=O)c4c5n(c(C)c(C6=CCCC6)c4=O)CCOC5)cc3)c2nc1OC. The van der Waals surface area contributed by atoms with E-state index in [2.05, 4.69) is 25.9 Å². The van der Waals surface area contributed by atoms with E-state index in [4.69, 9.17) is 18.9 Å². The average molecular weight is 555 g/mol. The highest BCUT2D eigenvalue weighted by molar-refractivity contribution is 6.05. The number of hydrogen-bond acceptors (Lipinski definition) is 8. The Bertz CT molecular complexity index is 1740. The summed E-state index contributed by atoms with van der Waals surface area (Å²) in [6, 6.07) is 10.4. The van der Waals surface area contributed by atoms with Gasteiger partial charge in [0.2, 0.25) is 5.43 Å². The van der Waals surface area contributed by atoms with Crippen LogP contribution in [0.4, 0.5) is 5.69 Å². The number of carbonyl (C=O) groups is 1. The van der Waals surface area contributed by atoms with Gasteiger partial charge in [0.25, 0.3) is 11.8 Å². The van der Waals surface area contributed by atoms with Crippen LogP contribution >= 0.6 is 0 Å². The number of carbonyl (C=O) groups excluding carboxylic acids is 1. The van der Waals surface area contributed by atoms with Crippen LogP contribution in [0.15, 0.2) is 53.5 Å². The molecule has 2 aliphatic rings. The van der Waals surface area contributed by atoms with Crippen LogP contribution in [0, 0.1) is 6.92 Å². The van der Waals surface area contributed by atoms with Crippen molar-refractivity contribution in [3.8, 4) is 23.1 Å². The maximum absolute atomic E-state index is 13.7. The molecule has 0 spiro atoms. The number of allylic oxidation sites excluding steroid dienone is 2. The summed E-state index contributed by atoms with van der Waals surface area (Å²) in [6.45, 7) is 3.32. The van der Waals surface area contributed by atoms with Gasteiger partial charge in [-0.25, -0.2) is 4.98 Å². The molecule has 1 N–H and O–H groups in total. The van der Waals surface area contributed by atoms with Crippen molar-refractivity contribution in [1.82, 2.24) is 14.5 Å². The van der Waals surface area contributed by atoms with Crippen LogP contribution in [0.1, 0.15) is 46.6 Å². The molecule has 41 heavy (non-hydrogen) atoms. The summed E-state index contributed by atoms with van der Waals surface area (Å²) in [5.74, 6) is 1.36. The third-order valence-corrected chi connectivity index (χ3v) is 7.48. The van der Waals surface area contributed by atoms with Crippen LogP contribution in [0.5, 0.6) is 23.1 Å². The fourth-order valence-electron chi connectivity index (χ4n) is 5.49. The molecule has 210 valence electrons. The van der Waals surface area contributed by atoms with E-state index in [1.807, 2.05) is 6.92 Å². The van der Waals surface area contributed by atoms with E-state index in [1.54, 1.807) is 42.6 Å². The minimum atomic E-state index is -0.455. The fourth-order valence-corrected chi connectivity index (χ4v) is 5.49. The van der Waals surface area contributed by atoms with Gasteiger partial charge in [0.1, 0.15) is 16.8 Å². The molecule has 4 aromatic rings. The number of methoxy groups -OCH3 is 2. The molecule has 4 heterocycles. The molecule has 10 nitrogen and oxygen atoms in total. The maximum atomic E-state index is 13.7. The summed E-state index contributed by atoms with van der Waals surface area (Å²) < 4.78 is 24.5. The van der Waals surface area contributed by atoms with E-state index < -0.39 is 5.91 Å². The van der Waals surface area contributed by atoms with Crippen LogP contribution in [-0.4, -0.2) is 41.3 Å². The number of nitrogens with one attached hydrogen (secondary N) is 1. The molecule has 10 heteroatoms. The molecule has 0 saturated heterocycles. The van der Waals surface area contributed by atoms with Gasteiger partial charge < -0.3 is 28.8 Å². The Balaban J connectivity index is 1.27. The molecule has 0 saturated carbocycles. The van der Waals surface area contributed by atoms with E-state index in [-0.39, 0.29) is 17.6 Å². The number of amides is 1. The Hall–Kier alpha value is -4.70. The lowest BCUT2D eigenvalue weighted by molar-refractivity contribution is 0.0800. The van der Waals surface area contributed by atoms with E-state index in [0.29, 0.717) is 64.3 Å². The number of aromatic nitrogens is 3. The largest absolute Gasteiger partial charge is 0.491 e. The summed E-state index contributed by atoms with van der Waals surface area (Å²) in [7, 11) is 3.05. The number of pyridine rings is 3. The van der Waals surface area contributed by atoms with E-state index in [0.717, 1.165) is 30.5 Å². The molecule has 1 aromatic carbocycles. The number of hydrogen-bond donors (Lipinski definition) is 1. The molecule has 3 aromatic heterocycles. The van der Waals surface area contributed by atoms with Crippen molar-refractivity contribution in [3.63, 3.8) is 0 Å². The lowest BCUT2D eigenvalue weighted by atomic mass is 9.97. The number of nitrogens with zero attached hydrogens (tertiary/aromatic N) is 3. The van der Waals surface area contributed by atoms with Gasteiger partial charge in [-0.05, 0) is 56.0 Å². The summed E-state index contributed by atoms with van der Waals surface area (Å²) >= 11 is 0. The minimum Gasteiger partial charge on any atom is -0.491 e. The number of ether oxygens (including phenoxy) is 4. The van der Waals surface area contributed by atoms with Gasteiger partial charge in [-0.2, -0.15) is 0 Å². The maximum Gasteiger partial charge on any atom is 0.261 e. The number of anilines is 1. The monoisotopic (exact) mass is 554 g/mol. The lowest BCUT2D eigenvalue weighted by Crippen LogP contribution is -2.34. The van der Waals surface area contributed by atoms with Gasteiger partial charge in [-0.1, -0.05) is 6.08 Å². The molecule has 0 atom stereocenters. The van der Waals surface area contributed by atoms with Crippen molar-refractivity contribution in [2.75, 3.05) is 26.1 Å². The van der Waals surface area contributed by atoms with Gasteiger partial charge in [0.15, 0.2) is 11.5 Å². The molecule has 1 aliphatic heterocycles. The summed E-state index contributed by atoms with van der Waals surface area (Å²) in [4.78, 5) is 36.1. The smallest absolute Gasteiger partial charge is 0.261 e. The highest BCUT2D eigenvalue weighted by atomic mass is 16.5. The van der Waals surface area contributed by atoms with E-state index >= 15 is 0 Å². The first-order chi connectivity index (χ1) is 20.0. The highest BCUT2D eigenvalue weighted by Crippen LogP contribution is 2.34. The zero-order chi connectivity index (χ0) is 28.5. The second-order valence-corrected chi connectivity index (χ2v) is 9.89. The molecule has 0 fully saturated rings. The fraction of sp³-hybridized carbons (Fsp3) is 0.290. The van der Waals surface area contributed by atoms with Crippen LogP contribution in [0.25, 0.3) is 16.6 Å². The topological polar surface area (TPSA) is 114 Å². The van der Waals surface area contributed by atoms with Gasteiger partial charge >= 0.3 is 0 Å². The average Bonchev–Trinajstić information content (AvgIpc) is 3.52. The normalized spacial score (nSPS) is 14.4. The molecule has 0 bridgehead atoms. The second kappa shape index (κ2) is 11.1. The van der Waals surface area contributed by atoms with Crippen molar-refractivity contribution < 1.29 is 23.7 Å². The van der Waals surface area contributed by atoms with Crippen molar-refractivity contribution in [2.24, 2.45) is 0 Å². The zero-order valence-electron chi connectivity index (χ0n) is 23.2. The second-order valence-electron chi connectivity index (χ2n) is 9.89. The predicted molar refractivity (Wildman–Crippen MR) is 154 cm³/mol. The number of fused-ring (bicyclic) bond motifs is 2. The van der Waals surface area contributed by atoms with Crippen LogP contribution < -0.4 is 25.0 Å². The lowest BCUT2D eigenvalue weighted by Gasteiger charge is -2.26. The summed E-state index contributed by atoms with van der Waals surface area (Å²) in [5.41, 5.74) is 4.72. The molecule has 1 amide bonds. The highest BCUT2D eigenvalue weighted by Gasteiger charge is 2.28. The molecule has 0 unspecified atom stereocenters. The number of rotatable bonds is 7. The van der Waals surface area contributed by atoms with Gasteiger partial charge in [-0.15, -0.1) is 0 Å². The van der Waals surface area contributed by atoms with Gasteiger partial charge in [0, 0.05) is 41.8 Å². The van der Waals surface area contributed by atoms with Crippen LogP contribution in [0.3, 0.4) is 0 Å². The molecular formula is C31H30N4O6. The molecule has 6 rings (SSSR count). The van der Waals surface area contributed by atoms with Crippen LogP contribution in [-0.2, 0) is 17.9 Å². The van der Waals surface area contributed by atoms with Crippen molar-refractivity contribution in [3.05, 3.63) is 81.4 Å². The van der Waals surface area contributed by atoms with Gasteiger partial charge in [0.05, 0.1) is 38.6 Å². The van der Waals surface area contributed by atoms with Crippen molar-refractivity contribution in [1.29, 1.82) is 0 Å². The third-order valence-electron chi connectivity index (χ3n) is 7.48. The Morgan fingerprint density at radius 2 is 1.93 bits per heavy atom. The Labute approximate surface area is 236 Å². The summed E-state index contributed by atoms with van der Waals surface area (Å²) in [5, 5.41) is 2.90. The van der Waals surface area contributed by atoms with E-state index in [1.165, 1.54) is 14.2 Å². The van der Waals surface area contributed by atoms with Crippen LogP contribution in [0.2, 0.25) is 0 Å². The Kier molecular flexibility index (Phi) is 7.15.